The molecule has 2 rings (SSSR count). The van der Waals surface area contributed by atoms with Crippen molar-refractivity contribution in [2.24, 2.45) is 5.10 Å². The summed E-state index contributed by atoms with van der Waals surface area (Å²) in [7, 11) is 0. The molecule has 0 unspecified atom stereocenters. The molecule has 0 saturated carbocycles. The van der Waals surface area contributed by atoms with Gasteiger partial charge in [0.05, 0.1) is 11.2 Å². The van der Waals surface area contributed by atoms with E-state index in [1.54, 1.807) is 6.07 Å². The summed E-state index contributed by atoms with van der Waals surface area (Å²) in [5.41, 5.74) is 5.19. The molecule has 4 nitrogen and oxygen atoms in total. The van der Waals surface area contributed by atoms with Crippen molar-refractivity contribution in [3.8, 4) is 5.75 Å². The summed E-state index contributed by atoms with van der Waals surface area (Å²) in [5, 5.41) is 17.7. The number of aromatic hydroxyl groups is 1. The minimum Gasteiger partial charge on any atom is -0.506 e. The number of anilines is 1. The molecular formula is C17H17Cl2N3OS. The zero-order chi connectivity index (χ0) is 17.7. The van der Waals surface area contributed by atoms with E-state index in [9.17, 15) is 5.11 Å². The summed E-state index contributed by atoms with van der Waals surface area (Å²) in [5.74, 6) is 0.390. The average molecular weight is 382 g/mol. The molecular weight excluding hydrogens is 365 g/mol. The number of hydrogen-bond donors (Lipinski definition) is 3. The van der Waals surface area contributed by atoms with Crippen LogP contribution in [0.5, 0.6) is 5.75 Å². The first kappa shape index (κ1) is 18.5. The van der Waals surface area contributed by atoms with E-state index in [2.05, 4.69) is 29.7 Å². The number of phenols is 1. The molecule has 0 fully saturated rings. The van der Waals surface area contributed by atoms with Crippen molar-refractivity contribution in [1.82, 2.24) is 5.43 Å². The van der Waals surface area contributed by atoms with Crippen LogP contribution in [0, 0.1) is 0 Å². The molecule has 126 valence electrons. The molecule has 3 N–H and O–H groups in total. The van der Waals surface area contributed by atoms with Crippen LogP contribution in [0.1, 0.15) is 30.9 Å². The van der Waals surface area contributed by atoms with Gasteiger partial charge in [-0.15, -0.1) is 0 Å². The highest BCUT2D eigenvalue weighted by Gasteiger charge is 2.06. The van der Waals surface area contributed by atoms with E-state index in [4.69, 9.17) is 35.4 Å². The lowest BCUT2D eigenvalue weighted by molar-refractivity contribution is 0.474. The zero-order valence-corrected chi connectivity index (χ0v) is 15.5. The molecule has 7 heteroatoms. The molecule has 0 heterocycles. The quantitative estimate of drug-likeness (QED) is 0.389. The molecule has 0 amide bonds. The van der Waals surface area contributed by atoms with Gasteiger partial charge < -0.3 is 10.4 Å². The fourth-order valence-corrected chi connectivity index (χ4v) is 2.63. The maximum absolute atomic E-state index is 9.84. The van der Waals surface area contributed by atoms with Gasteiger partial charge in [-0.05, 0) is 48.0 Å². The number of hydrogen-bond acceptors (Lipinski definition) is 3. The second-order valence-electron chi connectivity index (χ2n) is 5.43. The molecule has 0 aliphatic heterocycles. The fraction of sp³-hybridized carbons (Fsp3) is 0.176. The van der Waals surface area contributed by atoms with Crippen molar-refractivity contribution >= 4 is 52.4 Å². The highest BCUT2D eigenvalue weighted by atomic mass is 35.5. The minimum atomic E-state index is -0.0882. The summed E-state index contributed by atoms with van der Waals surface area (Å²) < 4.78 is 0. The first-order chi connectivity index (χ1) is 11.4. The Morgan fingerprint density at radius 1 is 1.21 bits per heavy atom. The molecule has 0 aliphatic rings. The molecule has 2 aromatic carbocycles. The van der Waals surface area contributed by atoms with Gasteiger partial charge in [0.2, 0.25) is 0 Å². The van der Waals surface area contributed by atoms with Crippen LogP contribution < -0.4 is 10.7 Å². The topological polar surface area (TPSA) is 56.7 Å². The number of phenolic OH excluding ortho intramolecular Hbond substituents is 1. The molecule has 0 atom stereocenters. The van der Waals surface area contributed by atoms with Crippen LogP contribution in [-0.4, -0.2) is 16.4 Å². The lowest BCUT2D eigenvalue weighted by Gasteiger charge is -2.09. The van der Waals surface area contributed by atoms with Crippen LogP contribution in [0.3, 0.4) is 0 Å². The van der Waals surface area contributed by atoms with E-state index in [1.165, 1.54) is 17.8 Å². The molecule has 0 radical (unpaired) electrons. The first-order valence-electron chi connectivity index (χ1n) is 7.25. The maximum atomic E-state index is 9.84. The molecule has 0 saturated heterocycles. The predicted molar refractivity (Wildman–Crippen MR) is 106 cm³/mol. The van der Waals surface area contributed by atoms with Gasteiger partial charge in [-0.1, -0.05) is 49.2 Å². The average Bonchev–Trinajstić information content (AvgIpc) is 2.52. The summed E-state index contributed by atoms with van der Waals surface area (Å²) in [4.78, 5) is 0. The van der Waals surface area contributed by atoms with Crippen molar-refractivity contribution in [1.29, 1.82) is 0 Å². The van der Waals surface area contributed by atoms with Gasteiger partial charge in [0.25, 0.3) is 0 Å². The van der Waals surface area contributed by atoms with Gasteiger partial charge >= 0.3 is 0 Å². The maximum Gasteiger partial charge on any atom is 0.191 e. The molecule has 24 heavy (non-hydrogen) atoms. The smallest absolute Gasteiger partial charge is 0.191 e. The van der Waals surface area contributed by atoms with Gasteiger partial charge in [-0.3, -0.25) is 5.43 Å². The molecule has 0 spiro atoms. The number of rotatable bonds is 4. The van der Waals surface area contributed by atoms with Crippen molar-refractivity contribution in [2.45, 2.75) is 19.8 Å². The van der Waals surface area contributed by atoms with Crippen LogP contribution in [0.15, 0.2) is 41.5 Å². The van der Waals surface area contributed by atoms with E-state index >= 15 is 0 Å². The summed E-state index contributed by atoms with van der Waals surface area (Å²) >= 11 is 16.9. The third-order valence-electron chi connectivity index (χ3n) is 3.26. The van der Waals surface area contributed by atoms with Crippen molar-refractivity contribution in [3.05, 3.63) is 57.6 Å². The number of nitrogens with zero attached hydrogens (tertiary/aromatic N) is 1. The Morgan fingerprint density at radius 3 is 2.50 bits per heavy atom. The van der Waals surface area contributed by atoms with E-state index in [1.807, 2.05) is 24.3 Å². The third kappa shape index (κ3) is 5.09. The number of thiocarbonyl (C=S) groups is 1. The molecule has 0 bridgehead atoms. The highest BCUT2D eigenvalue weighted by molar-refractivity contribution is 7.80. The van der Waals surface area contributed by atoms with Gasteiger partial charge in [0, 0.05) is 16.3 Å². The summed E-state index contributed by atoms with van der Waals surface area (Å²) in [6.45, 7) is 4.28. The SMILES string of the molecule is CC(C)c1ccc(NC(=S)NN=Cc2cc(Cl)cc(Cl)c2O)cc1. The van der Waals surface area contributed by atoms with Gasteiger partial charge in [0.15, 0.2) is 5.11 Å². The largest absolute Gasteiger partial charge is 0.506 e. The Hall–Kier alpha value is -1.82. The number of halogens is 2. The monoisotopic (exact) mass is 381 g/mol. The zero-order valence-electron chi connectivity index (χ0n) is 13.2. The lowest BCUT2D eigenvalue weighted by Crippen LogP contribution is -2.23. The Bertz CT molecular complexity index is 761. The van der Waals surface area contributed by atoms with Gasteiger partial charge in [0.1, 0.15) is 5.75 Å². The van der Waals surface area contributed by atoms with Gasteiger partial charge in [-0.2, -0.15) is 5.10 Å². The van der Waals surface area contributed by atoms with Crippen LogP contribution in [0.2, 0.25) is 10.0 Å². The second-order valence-corrected chi connectivity index (χ2v) is 6.68. The lowest BCUT2D eigenvalue weighted by atomic mass is 10.0. The summed E-state index contributed by atoms with van der Waals surface area (Å²) in [6.07, 6.45) is 1.39. The van der Waals surface area contributed by atoms with Crippen molar-refractivity contribution in [3.63, 3.8) is 0 Å². The highest BCUT2D eigenvalue weighted by Crippen LogP contribution is 2.29. The summed E-state index contributed by atoms with van der Waals surface area (Å²) in [6, 6.07) is 11.0. The normalized spacial score (nSPS) is 11.0. The number of nitrogens with one attached hydrogen (secondary N) is 2. The number of benzene rings is 2. The first-order valence-corrected chi connectivity index (χ1v) is 8.41. The minimum absolute atomic E-state index is 0.0882. The van der Waals surface area contributed by atoms with Crippen LogP contribution in [-0.2, 0) is 0 Å². The Kier molecular flexibility index (Phi) is 6.43. The van der Waals surface area contributed by atoms with Crippen LogP contribution in [0.25, 0.3) is 0 Å². The fourth-order valence-electron chi connectivity index (χ4n) is 1.96. The molecule has 2 aromatic rings. The van der Waals surface area contributed by atoms with Crippen molar-refractivity contribution in [2.75, 3.05) is 5.32 Å². The Labute approximate surface area is 156 Å². The predicted octanol–water partition coefficient (Wildman–Crippen LogP) is 5.14. The third-order valence-corrected chi connectivity index (χ3v) is 3.96. The molecule has 0 aliphatic carbocycles. The standard InChI is InChI=1S/C17H17Cl2N3OS/c1-10(2)11-3-5-14(6-4-11)21-17(24)22-20-9-12-7-13(18)8-15(19)16(12)23/h3-10,23H,1-2H3,(H2,21,22,24). The van der Waals surface area contributed by atoms with E-state index < -0.39 is 0 Å². The number of hydrazone groups is 1. The van der Waals surface area contributed by atoms with Gasteiger partial charge in [-0.25, -0.2) is 0 Å². The Balaban J connectivity index is 1.96. The van der Waals surface area contributed by atoms with E-state index in [0.29, 0.717) is 21.6 Å². The van der Waals surface area contributed by atoms with E-state index in [-0.39, 0.29) is 10.8 Å². The Morgan fingerprint density at radius 2 is 1.88 bits per heavy atom. The van der Waals surface area contributed by atoms with Crippen LogP contribution >= 0.6 is 35.4 Å². The van der Waals surface area contributed by atoms with Crippen molar-refractivity contribution < 1.29 is 5.11 Å². The second kappa shape index (κ2) is 8.33. The van der Waals surface area contributed by atoms with E-state index in [0.717, 1.165) is 5.69 Å². The molecule has 0 aromatic heterocycles. The van der Waals surface area contributed by atoms with Crippen LogP contribution in [0.4, 0.5) is 5.69 Å².